The van der Waals surface area contributed by atoms with Crippen LogP contribution in [-0.2, 0) is 0 Å². The molecule has 0 amide bonds. The molecule has 0 fully saturated rings. The molecule has 1 rings (SSSR count). The van der Waals surface area contributed by atoms with Crippen molar-refractivity contribution in [2.45, 2.75) is 40.5 Å². The third-order valence-electron chi connectivity index (χ3n) is 2.38. The fourth-order valence-corrected chi connectivity index (χ4v) is 1.38. The number of aromatic nitrogens is 1. The van der Waals surface area contributed by atoms with Gasteiger partial charge in [0.15, 0.2) is 5.78 Å². The highest BCUT2D eigenvalue weighted by Gasteiger charge is 2.15. The van der Waals surface area contributed by atoms with E-state index in [2.05, 4.69) is 25.8 Å². The SMILES string of the molecule is Cc1cccnc1C(=O)CCC(C)(C)C. The van der Waals surface area contributed by atoms with Gasteiger partial charge in [-0.3, -0.25) is 9.78 Å². The summed E-state index contributed by atoms with van der Waals surface area (Å²) in [5.74, 6) is 0.156. The summed E-state index contributed by atoms with van der Waals surface area (Å²) in [6.07, 6.45) is 3.17. The number of pyridine rings is 1. The summed E-state index contributed by atoms with van der Waals surface area (Å²) in [6.45, 7) is 8.36. The molecule has 1 aromatic rings. The second-order valence-corrected chi connectivity index (χ2v) is 5.15. The van der Waals surface area contributed by atoms with Gasteiger partial charge in [-0.05, 0) is 30.4 Å². The van der Waals surface area contributed by atoms with Gasteiger partial charge in [-0.25, -0.2) is 0 Å². The maximum absolute atomic E-state index is 11.8. The first-order valence-electron chi connectivity index (χ1n) is 5.35. The van der Waals surface area contributed by atoms with Crippen molar-refractivity contribution in [3.05, 3.63) is 29.6 Å². The predicted molar refractivity (Wildman–Crippen MR) is 62.0 cm³/mol. The van der Waals surface area contributed by atoms with Gasteiger partial charge in [0.05, 0.1) is 0 Å². The number of rotatable bonds is 3. The molecule has 0 saturated heterocycles. The van der Waals surface area contributed by atoms with Gasteiger partial charge in [0.25, 0.3) is 0 Å². The van der Waals surface area contributed by atoms with E-state index in [9.17, 15) is 4.79 Å². The van der Waals surface area contributed by atoms with E-state index in [1.165, 1.54) is 0 Å². The van der Waals surface area contributed by atoms with Crippen molar-refractivity contribution in [2.24, 2.45) is 5.41 Å². The summed E-state index contributed by atoms with van der Waals surface area (Å²) in [5, 5.41) is 0. The molecule has 2 heteroatoms. The Morgan fingerprint density at radius 3 is 2.60 bits per heavy atom. The second kappa shape index (κ2) is 4.56. The zero-order valence-corrected chi connectivity index (χ0v) is 10.0. The van der Waals surface area contributed by atoms with Crippen molar-refractivity contribution in [3.8, 4) is 0 Å². The minimum absolute atomic E-state index is 0.156. The largest absolute Gasteiger partial charge is 0.292 e. The molecule has 0 radical (unpaired) electrons. The average molecular weight is 205 g/mol. The molecule has 0 spiro atoms. The third-order valence-corrected chi connectivity index (χ3v) is 2.38. The molecular formula is C13H19NO. The van der Waals surface area contributed by atoms with E-state index >= 15 is 0 Å². The molecule has 1 aromatic heterocycles. The molecule has 0 saturated carbocycles. The zero-order chi connectivity index (χ0) is 11.5. The van der Waals surface area contributed by atoms with Crippen molar-refractivity contribution in [1.82, 2.24) is 4.98 Å². The second-order valence-electron chi connectivity index (χ2n) is 5.15. The van der Waals surface area contributed by atoms with Crippen LogP contribution in [0.2, 0.25) is 0 Å². The fraction of sp³-hybridized carbons (Fsp3) is 0.538. The summed E-state index contributed by atoms with van der Waals surface area (Å²) in [6, 6.07) is 3.78. The van der Waals surface area contributed by atoms with Gasteiger partial charge in [-0.15, -0.1) is 0 Å². The normalized spacial score (nSPS) is 11.5. The molecule has 0 aliphatic rings. The lowest BCUT2D eigenvalue weighted by Gasteiger charge is -2.17. The van der Waals surface area contributed by atoms with Gasteiger partial charge in [-0.2, -0.15) is 0 Å². The zero-order valence-electron chi connectivity index (χ0n) is 10.0. The van der Waals surface area contributed by atoms with Crippen molar-refractivity contribution < 1.29 is 4.79 Å². The van der Waals surface area contributed by atoms with Gasteiger partial charge in [0.2, 0.25) is 0 Å². The molecule has 1 heterocycles. The molecule has 0 aliphatic heterocycles. The van der Waals surface area contributed by atoms with Crippen LogP contribution < -0.4 is 0 Å². The Kier molecular flexibility index (Phi) is 3.61. The average Bonchev–Trinajstić information content (AvgIpc) is 2.14. The molecule has 0 N–H and O–H groups in total. The Morgan fingerprint density at radius 1 is 1.40 bits per heavy atom. The van der Waals surface area contributed by atoms with Crippen molar-refractivity contribution in [2.75, 3.05) is 0 Å². The van der Waals surface area contributed by atoms with Crippen molar-refractivity contribution in [3.63, 3.8) is 0 Å². The van der Waals surface area contributed by atoms with Gasteiger partial charge in [0, 0.05) is 12.6 Å². The maximum Gasteiger partial charge on any atom is 0.181 e. The fourth-order valence-electron chi connectivity index (χ4n) is 1.38. The first-order valence-corrected chi connectivity index (χ1v) is 5.35. The Morgan fingerprint density at radius 2 is 2.07 bits per heavy atom. The first kappa shape index (κ1) is 11.9. The number of Topliss-reactive ketones (excluding diaryl/α,β-unsaturated/α-hetero) is 1. The van der Waals surface area contributed by atoms with Crippen LogP contribution in [-0.4, -0.2) is 10.8 Å². The Balaban J connectivity index is 2.66. The monoisotopic (exact) mass is 205 g/mol. The standard InChI is InChI=1S/C13H19NO/c1-10-6-5-9-14-12(10)11(15)7-8-13(2,3)4/h5-6,9H,7-8H2,1-4H3. The van der Waals surface area contributed by atoms with E-state index in [1.54, 1.807) is 6.20 Å². The smallest absolute Gasteiger partial charge is 0.181 e. The van der Waals surface area contributed by atoms with Crippen LogP contribution in [0.1, 0.15) is 49.7 Å². The van der Waals surface area contributed by atoms with Gasteiger partial charge in [-0.1, -0.05) is 26.8 Å². The highest BCUT2D eigenvalue weighted by atomic mass is 16.1. The number of carbonyl (C=O) groups is 1. The number of carbonyl (C=O) groups excluding carboxylic acids is 1. The van der Waals surface area contributed by atoms with Crippen LogP contribution in [0.4, 0.5) is 0 Å². The predicted octanol–water partition coefficient (Wildman–Crippen LogP) is 3.40. The number of hydrogen-bond acceptors (Lipinski definition) is 2. The molecule has 0 atom stereocenters. The number of nitrogens with zero attached hydrogens (tertiary/aromatic N) is 1. The topological polar surface area (TPSA) is 30.0 Å². The van der Waals surface area contributed by atoms with Crippen LogP contribution in [0.15, 0.2) is 18.3 Å². The highest BCUT2D eigenvalue weighted by Crippen LogP contribution is 2.22. The molecule has 15 heavy (non-hydrogen) atoms. The summed E-state index contributed by atoms with van der Waals surface area (Å²) in [4.78, 5) is 16.0. The minimum atomic E-state index is 0.156. The van der Waals surface area contributed by atoms with E-state index < -0.39 is 0 Å². The van der Waals surface area contributed by atoms with Crippen molar-refractivity contribution >= 4 is 5.78 Å². The molecule has 0 aliphatic carbocycles. The molecule has 2 nitrogen and oxygen atoms in total. The van der Waals surface area contributed by atoms with Crippen LogP contribution >= 0.6 is 0 Å². The van der Waals surface area contributed by atoms with E-state index in [0.29, 0.717) is 12.1 Å². The summed E-state index contributed by atoms with van der Waals surface area (Å²) >= 11 is 0. The molecule has 0 unspecified atom stereocenters. The van der Waals surface area contributed by atoms with E-state index in [4.69, 9.17) is 0 Å². The molecular weight excluding hydrogens is 186 g/mol. The molecule has 82 valence electrons. The van der Waals surface area contributed by atoms with Gasteiger partial charge < -0.3 is 0 Å². The first-order chi connectivity index (χ1) is 6.90. The summed E-state index contributed by atoms with van der Waals surface area (Å²) in [5.41, 5.74) is 1.80. The minimum Gasteiger partial charge on any atom is -0.292 e. The van der Waals surface area contributed by atoms with Crippen LogP contribution in [0.3, 0.4) is 0 Å². The Bertz CT molecular complexity index is 350. The van der Waals surface area contributed by atoms with Gasteiger partial charge >= 0.3 is 0 Å². The Hall–Kier alpha value is -1.18. The highest BCUT2D eigenvalue weighted by molar-refractivity contribution is 5.95. The summed E-state index contributed by atoms with van der Waals surface area (Å²) in [7, 11) is 0. The van der Waals surface area contributed by atoms with E-state index in [1.807, 2.05) is 19.1 Å². The number of hydrogen-bond donors (Lipinski definition) is 0. The van der Waals surface area contributed by atoms with Crippen LogP contribution in [0.5, 0.6) is 0 Å². The van der Waals surface area contributed by atoms with Crippen LogP contribution in [0.25, 0.3) is 0 Å². The lowest BCUT2D eigenvalue weighted by molar-refractivity contribution is 0.0960. The number of aryl methyl sites for hydroxylation is 1. The van der Waals surface area contributed by atoms with Crippen molar-refractivity contribution in [1.29, 1.82) is 0 Å². The van der Waals surface area contributed by atoms with E-state index in [0.717, 1.165) is 12.0 Å². The quantitative estimate of drug-likeness (QED) is 0.708. The maximum atomic E-state index is 11.8. The third kappa shape index (κ3) is 3.82. The summed E-state index contributed by atoms with van der Waals surface area (Å²) < 4.78 is 0. The number of ketones is 1. The van der Waals surface area contributed by atoms with Gasteiger partial charge in [0.1, 0.15) is 5.69 Å². The van der Waals surface area contributed by atoms with Crippen LogP contribution in [0, 0.1) is 12.3 Å². The van der Waals surface area contributed by atoms with E-state index in [-0.39, 0.29) is 11.2 Å². The molecule has 0 aromatic carbocycles. The lowest BCUT2D eigenvalue weighted by Crippen LogP contribution is -2.11. The molecule has 0 bridgehead atoms. The lowest BCUT2D eigenvalue weighted by atomic mass is 9.89. The Labute approximate surface area is 91.7 Å².